The molecule has 2 nitrogen and oxygen atoms in total. The van der Waals surface area contributed by atoms with Gasteiger partial charge in [0, 0.05) is 9.86 Å². The van der Waals surface area contributed by atoms with Gasteiger partial charge in [0.1, 0.15) is 0 Å². The van der Waals surface area contributed by atoms with Gasteiger partial charge in [0.15, 0.2) is 0 Å². The van der Waals surface area contributed by atoms with Crippen molar-refractivity contribution < 1.29 is 0 Å². The molecule has 0 aliphatic heterocycles. The van der Waals surface area contributed by atoms with Crippen LogP contribution < -0.4 is 0 Å². The third-order valence-electron chi connectivity index (χ3n) is 1.65. The minimum Gasteiger partial charge on any atom is -0.278 e. The van der Waals surface area contributed by atoms with Gasteiger partial charge in [-0.2, -0.15) is 5.10 Å². The van der Waals surface area contributed by atoms with Gasteiger partial charge in [-0.1, -0.05) is 15.9 Å². The lowest BCUT2D eigenvalue weighted by Gasteiger charge is -1.94. The lowest BCUT2D eigenvalue weighted by Crippen LogP contribution is -1.74. The molecule has 0 aliphatic carbocycles. The molecule has 0 saturated heterocycles. The molecule has 0 atom stereocenters. The SMILES string of the molecule is Cc1cc(Br)c2cn[nH]c2c1. The lowest BCUT2D eigenvalue weighted by atomic mass is 10.2. The Morgan fingerprint density at radius 3 is 3.09 bits per heavy atom. The number of nitrogens with one attached hydrogen (secondary N) is 1. The van der Waals surface area contributed by atoms with E-state index in [1.807, 2.05) is 6.20 Å². The molecular weight excluding hydrogens is 204 g/mol. The predicted molar refractivity (Wildman–Crippen MR) is 48.5 cm³/mol. The van der Waals surface area contributed by atoms with Crippen LogP contribution in [-0.4, -0.2) is 10.2 Å². The molecule has 0 amide bonds. The quantitative estimate of drug-likeness (QED) is 0.712. The highest BCUT2D eigenvalue weighted by Gasteiger charge is 1.99. The average molecular weight is 211 g/mol. The van der Waals surface area contributed by atoms with E-state index in [4.69, 9.17) is 0 Å². The van der Waals surface area contributed by atoms with Crippen LogP contribution in [0, 0.1) is 6.92 Å². The maximum Gasteiger partial charge on any atom is 0.0664 e. The van der Waals surface area contributed by atoms with Crippen LogP contribution in [-0.2, 0) is 0 Å². The number of H-pyrrole nitrogens is 1. The first-order valence-electron chi connectivity index (χ1n) is 3.36. The summed E-state index contributed by atoms with van der Waals surface area (Å²) < 4.78 is 1.10. The highest BCUT2D eigenvalue weighted by molar-refractivity contribution is 9.10. The summed E-state index contributed by atoms with van der Waals surface area (Å²) in [7, 11) is 0. The second-order valence-electron chi connectivity index (χ2n) is 2.58. The Labute approximate surface area is 72.7 Å². The highest BCUT2D eigenvalue weighted by atomic mass is 79.9. The molecule has 0 aliphatic rings. The molecule has 0 saturated carbocycles. The van der Waals surface area contributed by atoms with E-state index in [-0.39, 0.29) is 0 Å². The van der Waals surface area contributed by atoms with Crippen molar-refractivity contribution in [1.29, 1.82) is 0 Å². The smallest absolute Gasteiger partial charge is 0.0664 e. The van der Waals surface area contributed by atoms with Crippen molar-refractivity contribution in [1.82, 2.24) is 10.2 Å². The van der Waals surface area contributed by atoms with E-state index in [9.17, 15) is 0 Å². The minimum absolute atomic E-state index is 1.08. The first-order valence-corrected chi connectivity index (χ1v) is 4.16. The number of hydrogen-bond acceptors (Lipinski definition) is 1. The van der Waals surface area contributed by atoms with Gasteiger partial charge in [-0.25, -0.2) is 0 Å². The van der Waals surface area contributed by atoms with Crippen LogP contribution in [0.2, 0.25) is 0 Å². The van der Waals surface area contributed by atoms with Crippen LogP contribution in [0.5, 0.6) is 0 Å². The summed E-state index contributed by atoms with van der Waals surface area (Å²) in [5.41, 5.74) is 2.31. The molecule has 0 radical (unpaired) electrons. The van der Waals surface area contributed by atoms with Crippen molar-refractivity contribution in [2.75, 3.05) is 0 Å². The molecule has 0 spiro atoms. The molecule has 0 fully saturated rings. The molecule has 11 heavy (non-hydrogen) atoms. The number of aromatic nitrogens is 2. The van der Waals surface area contributed by atoms with Gasteiger partial charge in [0.2, 0.25) is 0 Å². The molecular formula is C8H7BrN2. The van der Waals surface area contributed by atoms with Crippen molar-refractivity contribution in [3.63, 3.8) is 0 Å². The van der Waals surface area contributed by atoms with Crippen LogP contribution in [0.1, 0.15) is 5.56 Å². The molecule has 1 N–H and O–H groups in total. The maximum atomic E-state index is 3.95. The van der Waals surface area contributed by atoms with Crippen LogP contribution >= 0.6 is 15.9 Å². The van der Waals surface area contributed by atoms with Gasteiger partial charge in [-0.3, -0.25) is 5.10 Å². The van der Waals surface area contributed by atoms with E-state index < -0.39 is 0 Å². The molecule has 2 rings (SSSR count). The number of nitrogens with zero attached hydrogens (tertiary/aromatic N) is 1. The summed E-state index contributed by atoms with van der Waals surface area (Å²) in [5, 5.41) is 8.00. The second-order valence-corrected chi connectivity index (χ2v) is 3.43. The first-order chi connectivity index (χ1) is 5.27. The van der Waals surface area contributed by atoms with Gasteiger partial charge < -0.3 is 0 Å². The number of fused-ring (bicyclic) bond motifs is 1. The highest BCUT2D eigenvalue weighted by Crippen LogP contribution is 2.23. The summed E-state index contributed by atoms with van der Waals surface area (Å²) in [6.07, 6.45) is 1.82. The second kappa shape index (κ2) is 2.34. The fourth-order valence-corrected chi connectivity index (χ4v) is 1.82. The van der Waals surface area contributed by atoms with E-state index in [1.54, 1.807) is 0 Å². The Bertz CT molecular complexity index is 392. The van der Waals surface area contributed by atoms with Crippen LogP contribution in [0.15, 0.2) is 22.8 Å². The van der Waals surface area contributed by atoms with Crippen molar-refractivity contribution in [3.05, 3.63) is 28.4 Å². The molecule has 3 heteroatoms. The van der Waals surface area contributed by atoms with E-state index in [1.165, 1.54) is 5.56 Å². The predicted octanol–water partition coefficient (Wildman–Crippen LogP) is 2.63. The van der Waals surface area contributed by atoms with Crippen molar-refractivity contribution in [3.8, 4) is 0 Å². The lowest BCUT2D eigenvalue weighted by molar-refractivity contribution is 1.12. The largest absolute Gasteiger partial charge is 0.278 e. The Balaban J connectivity index is 2.91. The zero-order chi connectivity index (χ0) is 7.84. The molecule has 1 aromatic heterocycles. The number of aromatic amines is 1. The van der Waals surface area contributed by atoms with E-state index >= 15 is 0 Å². The fourth-order valence-electron chi connectivity index (χ4n) is 1.14. The topological polar surface area (TPSA) is 28.7 Å². The fraction of sp³-hybridized carbons (Fsp3) is 0.125. The van der Waals surface area contributed by atoms with E-state index in [0.29, 0.717) is 0 Å². The van der Waals surface area contributed by atoms with Crippen molar-refractivity contribution in [2.24, 2.45) is 0 Å². The average Bonchev–Trinajstić information content (AvgIpc) is 2.34. The summed E-state index contributed by atoms with van der Waals surface area (Å²) in [4.78, 5) is 0. The van der Waals surface area contributed by atoms with Crippen molar-refractivity contribution >= 4 is 26.8 Å². The van der Waals surface area contributed by atoms with Crippen LogP contribution in [0.25, 0.3) is 10.9 Å². The van der Waals surface area contributed by atoms with Gasteiger partial charge in [0.25, 0.3) is 0 Å². The monoisotopic (exact) mass is 210 g/mol. The Morgan fingerprint density at radius 2 is 2.27 bits per heavy atom. The minimum atomic E-state index is 1.08. The Morgan fingerprint density at radius 1 is 1.45 bits per heavy atom. The third-order valence-corrected chi connectivity index (χ3v) is 2.31. The van der Waals surface area contributed by atoms with Crippen LogP contribution in [0.4, 0.5) is 0 Å². The van der Waals surface area contributed by atoms with Gasteiger partial charge in [0.05, 0.1) is 11.7 Å². The Hall–Kier alpha value is -0.830. The van der Waals surface area contributed by atoms with E-state index in [2.05, 4.69) is 45.2 Å². The molecule has 56 valence electrons. The number of benzene rings is 1. The zero-order valence-electron chi connectivity index (χ0n) is 6.06. The summed E-state index contributed by atoms with van der Waals surface area (Å²) in [6, 6.07) is 4.16. The van der Waals surface area contributed by atoms with Gasteiger partial charge in [-0.05, 0) is 24.6 Å². The molecule has 0 unspecified atom stereocenters. The first kappa shape index (κ1) is 6.85. The Kier molecular flexibility index (Phi) is 1.46. The maximum absolute atomic E-state index is 3.95. The molecule has 2 aromatic rings. The third kappa shape index (κ3) is 1.05. The standard InChI is InChI=1S/C8H7BrN2/c1-5-2-7(9)6-4-10-11-8(6)3-5/h2-4H,1H3,(H,10,11). The normalized spacial score (nSPS) is 10.7. The van der Waals surface area contributed by atoms with Crippen molar-refractivity contribution in [2.45, 2.75) is 6.92 Å². The number of aryl methyl sites for hydroxylation is 1. The van der Waals surface area contributed by atoms with Crippen LogP contribution in [0.3, 0.4) is 0 Å². The zero-order valence-corrected chi connectivity index (χ0v) is 7.64. The summed E-state index contributed by atoms with van der Waals surface area (Å²) in [6.45, 7) is 2.06. The molecule has 1 heterocycles. The number of halogens is 1. The number of hydrogen-bond donors (Lipinski definition) is 1. The number of rotatable bonds is 0. The molecule has 1 aromatic carbocycles. The van der Waals surface area contributed by atoms with E-state index in [0.717, 1.165) is 15.4 Å². The summed E-state index contributed by atoms with van der Waals surface area (Å²) >= 11 is 3.47. The molecule has 0 bridgehead atoms. The van der Waals surface area contributed by atoms with Gasteiger partial charge in [-0.15, -0.1) is 0 Å². The van der Waals surface area contributed by atoms with Gasteiger partial charge >= 0.3 is 0 Å². The summed E-state index contributed by atoms with van der Waals surface area (Å²) in [5.74, 6) is 0.